The highest BCUT2D eigenvalue weighted by atomic mass is 15.2. The Labute approximate surface area is 171 Å². The van der Waals surface area contributed by atoms with E-state index in [0.717, 1.165) is 23.6 Å². The van der Waals surface area contributed by atoms with Crippen molar-refractivity contribution in [2.45, 2.75) is 12.6 Å². The van der Waals surface area contributed by atoms with Crippen LogP contribution in [0.4, 0.5) is 5.69 Å². The Balaban J connectivity index is 1.71. The Morgan fingerprint density at radius 3 is 1.93 bits per heavy atom. The summed E-state index contributed by atoms with van der Waals surface area (Å²) in [5, 5.41) is 0. The number of para-hydroxylation sites is 1. The number of fused-ring (bicyclic) bond motifs is 1. The van der Waals surface area contributed by atoms with E-state index in [-0.39, 0.29) is 6.04 Å². The van der Waals surface area contributed by atoms with E-state index in [9.17, 15) is 0 Å². The van der Waals surface area contributed by atoms with Crippen LogP contribution < -0.4 is 0 Å². The number of aliphatic imine (C=N–C) groups is 1. The average Bonchev–Trinajstić information content (AvgIpc) is 2.80. The van der Waals surface area contributed by atoms with Crippen molar-refractivity contribution in [1.29, 1.82) is 0 Å². The van der Waals surface area contributed by atoms with Gasteiger partial charge in [0.15, 0.2) is 0 Å². The highest BCUT2D eigenvalue weighted by Gasteiger charge is 2.31. The molecule has 0 saturated carbocycles. The molecule has 0 amide bonds. The minimum atomic E-state index is 0.111. The van der Waals surface area contributed by atoms with Gasteiger partial charge in [0.1, 0.15) is 5.84 Å². The average molecular weight is 374 g/mol. The molecule has 4 aromatic rings. The smallest absolute Gasteiger partial charge is 0.137 e. The Morgan fingerprint density at radius 2 is 1.21 bits per heavy atom. The standard InChI is InChI=1S/C27H22N2/c1-4-12-21(13-5-1)20-29-26(22-14-6-2-7-15-22)24-18-10-11-19-25(24)28-27(29)23-16-8-3-9-17-23/h1-19,26H,20H2. The molecule has 0 spiro atoms. The van der Waals surface area contributed by atoms with E-state index in [4.69, 9.17) is 4.99 Å². The summed E-state index contributed by atoms with van der Waals surface area (Å²) < 4.78 is 0. The molecule has 0 bridgehead atoms. The topological polar surface area (TPSA) is 15.6 Å². The molecule has 140 valence electrons. The van der Waals surface area contributed by atoms with E-state index in [0.29, 0.717) is 0 Å². The predicted octanol–water partition coefficient (Wildman–Crippen LogP) is 6.37. The van der Waals surface area contributed by atoms with Gasteiger partial charge in [0.25, 0.3) is 0 Å². The maximum Gasteiger partial charge on any atom is 0.137 e. The number of amidine groups is 1. The lowest BCUT2D eigenvalue weighted by Crippen LogP contribution is -2.37. The van der Waals surface area contributed by atoms with Gasteiger partial charge in [-0.05, 0) is 17.2 Å². The molecule has 0 radical (unpaired) electrons. The van der Waals surface area contributed by atoms with Crippen LogP contribution in [-0.2, 0) is 6.54 Å². The van der Waals surface area contributed by atoms with Gasteiger partial charge in [0, 0.05) is 17.7 Å². The summed E-state index contributed by atoms with van der Waals surface area (Å²) in [4.78, 5) is 7.54. The lowest BCUT2D eigenvalue weighted by atomic mass is 9.92. The van der Waals surface area contributed by atoms with Crippen LogP contribution in [0.3, 0.4) is 0 Å². The van der Waals surface area contributed by atoms with Crippen LogP contribution in [-0.4, -0.2) is 10.7 Å². The fraction of sp³-hybridized carbons (Fsp3) is 0.0741. The van der Waals surface area contributed by atoms with Crippen molar-refractivity contribution in [1.82, 2.24) is 4.90 Å². The van der Waals surface area contributed by atoms with Crippen molar-refractivity contribution in [3.05, 3.63) is 138 Å². The van der Waals surface area contributed by atoms with Gasteiger partial charge in [-0.2, -0.15) is 0 Å². The molecule has 29 heavy (non-hydrogen) atoms. The summed E-state index contributed by atoms with van der Waals surface area (Å²) in [5.41, 5.74) is 5.98. The molecule has 0 saturated heterocycles. The summed E-state index contributed by atoms with van der Waals surface area (Å²) in [6.07, 6.45) is 0. The van der Waals surface area contributed by atoms with Crippen LogP contribution in [0.15, 0.2) is 120 Å². The molecule has 0 aliphatic carbocycles. The van der Waals surface area contributed by atoms with Crippen molar-refractivity contribution in [2.75, 3.05) is 0 Å². The molecule has 1 unspecified atom stereocenters. The molecule has 2 nitrogen and oxygen atoms in total. The molecule has 4 aromatic carbocycles. The van der Waals surface area contributed by atoms with Crippen LogP contribution in [0, 0.1) is 0 Å². The van der Waals surface area contributed by atoms with E-state index in [2.05, 4.69) is 120 Å². The van der Waals surface area contributed by atoms with Gasteiger partial charge in [0.2, 0.25) is 0 Å². The molecule has 0 aromatic heterocycles. The van der Waals surface area contributed by atoms with Crippen LogP contribution in [0.25, 0.3) is 0 Å². The van der Waals surface area contributed by atoms with Crippen molar-refractivity contribution < 1.29 is 0 Å². The first-order valence-electron chi connectivity index (χ1n) is 9.99. The highest BCUT2D eigenvalue weighted by Crippen LogP contribution is 2.40. The number of benzene rings is 4. The van der Waals surface area contributed by atoms with Gasteiger partial charge < -0.3 is 4.90 Å². The van der Waals surface area contributed by atoms with Crippen molar-refractivity contribution in [3.8, 4) is 0 Å². The Hall–Kier alpha value is -3.65. The van der Waals surface area contributed by atoms with Gasteiger partial charge in [-0.3, -0.25) is 0 Å². The largest absolute Gasteiger partial charge is 0.341 e. The zero-order chi connectivity index (χ0) is 19.5. The molecule has 0 N–H and O–H groups in total. The van der Waals surface area contributed by atoms with Crippen molar-refractivity contribution >= 4 is 11.5 Å². The third-order valence-electron chi connectivity index (χ3n) is 5.38. The second-order valence-corrected chi connectivity index (χ2v) is 7.29. The molecule has 1 atom stereocenters. The second-order valence-electron chi connectivity index (χ2n) is 7.29. The predicted molar refractivity (Wildman–Crippen MR) is 119 cm³/mol. The summed E-state index contributed by atoms with van der Waals surface area (Å²) in [6, 6.07) is 40.5. The van der Waals surface area contributed by atoms with Crippen LogP contribution in [0.2, 0.25) is 0 Å². The van der Waals surface area contributed by atoms with E-state index in [1.807, 2.05) is 0 Å². The zero-order valence-corrected chi connectivity index (χ0v) is 16.1. The lowest BCUT2D eigenvalue weighted by Gasteiger charge is -2.39. The van der Waals surface area contributed by atoms with E-state index in [1.54, 1.807) is 0 Å². The van der Waals surface area contributed by atoms with Crippen molar-refractivity contribution in [2.24, 2.45) is 4.99 Å². The molecule has 2 heteroatoms. The van der Waals surface area contributed by atoms with Crippen LogP contribution in [0.1, 0.15) is 28.3 Å². The van der Waals surface area contributed by atoms with Gasteiger partial charge in [-0.25, -0.2) is 4.99 Å². The maximum absolute atomic E-state index is 5.11. The fourth-order valence-electron chi connectivity index (χ4n) is 4.05. The van der Waals surface area contributed by atoms with Gasteiger partial charge in [0.05, 0.1) is 11.7 Å². The van der Waals surface area contributed by atoms with E-state index < -0.39 is 0 Å². The first-order chi connectivity index (χ1) is 14.4. The van der Waals surface area contributed by atoms with E-state index in [1.165, 1.54) is 16.7 Å². The van der Waals surface area contributed by atoms with Gasteiger partial charge in [-0.1, -0.05) is 109 Å². The molecule has 1 aliphatic heterocycles. The second kappa shape index (κ2) is 7.76. The van der Waals surface area contributed by atoms with Crippen LogP contribution >= 0.6 is 0 Å². The molecular formula is C27H22N2. The Morgan fingerprint density at radius 1 is 0.621 bits per heavy atom. The SMILES string of the molecule is c1ccc(CN2C(c3ccccc3)=Nc3ccccc3C2c2ccccc2)cc1. The molecular weight excluding hydrogens is 352 g/mol. The molecule has 0 fully saturated rings. The summed E-state index contributed by atoms with van der Waals surface area (Å²) in [5.74, 6) is 1.02. The molecule has 5 rings (SSSR count). The normalized spacial score (nSPS) is 15.5. The summed E-state index contributed by atoms with van der Waals surface area (Å²) in [7, 11) is 0. The number of nitrogens with zero attached hydrogens (tertiary/aromatic N) is 2. The molecule has 1 heterocycles. The number of hydrogen-bond donors (Lipinski definition) is 0. The first kappa shape index (κ1) is 17.4. The summed E-state index contributed by atoms with van der Waals surface area (Å²) >= 11 is 0. The minimum absolute atomic E-state index is 0.111. The van der Waals surface area contributed by atoms with Crippen LogP contribution in [0.5, 0.6) is 0 Å². The minimum Gasteiger partial charge on any atom is -0.341 e. The van der Waals surface area contributed by atoms with E-state index >= 15 is 0 Å². The first-order valence-corrected chi connectivity index (χ1v) is 9.99. The van der Waals surface area contributed by atoms with Gasteiger partial charge >= 0.3 is 0 Å². The Kier molecular flexibility index (Phi) is 4.67. The quantitative estimate of drug-likeness (QED) is 0.405. The monoisotopic (exact) mass is 374 g/mol. The zero-order valence-electron chi connectivity index (χ0n) is 16.1. The fourth-order valence-corrected chi connectivity index (χ4v) is 4.05. The highest BCUT2D eigenvalue weighted by molar-refractivity contribution is 6.02. The number of rotatable bonds is 4. The maximum atomic E-state index is 5.11. The Bertz CT molecular complexity index is 1120. The third kappa shape index (κ3) is 3.45. The van der Waals surface area contributed by atoms with Gasteiger partial charge in [-0.15, -0.1) is 0 Å². The van der Waals surface area contributed by atoms with Crippen molar-refractivity contribution in [3.63, 3.8) is 0 Å². The molecule has 1 aliphatic rings. The summed E-state index contributed by atoms with van der Waals surface area (Å²) in [6.45, 7) is 0.794. The lowest BCUT2D eigenvalue weighted by molar-refractivity contribution is 0.345. The number of hydrogen-bond acceptors (Lipinski definition) is 2. The third-order valence-corrected chi connectivity index (χ3v) is 5.38.